The van der Waals surface area contributed by atoms with Crippen LogP contribution >= 0.6 is 15.9 Å². The number of halogens is 4. The molecule has 1 heterocycles. The summed E-state index contributed by atoms with van der Waals surface area (Å²) in [5, 5.41) is 0. The van der Waals surface area contributed by atoms with E-state index in [0.29, 0.717) is 0 Å². The molecular formula is C12H5BrF3NO. The second-order valence-corrected chi connectivity index (χ2v) is 4.20. The maximum absolute atomic E-state index is 13.4. The van der Waals surface area contributed by atoms with Gasteiger partial charge in [0.1, 0.15) is 0 Å². The van der Waals surface area contributed by atoms with Crippen LogP contribution in [0.3, 0.4) is 0 Å². The first kappa shape index (κ1) is 12.8. The van der Waals surface area contributed by atoms with Crippen LogP contribution in [-0.2, 0) is 0 Å². The van der Waals surface area contributed by atoms with Crippen molar-refractivity contribution in [2.45, 2.75) is 0 Å². The Morgan fingerprint density at radius 1 is 1.06 bits per heavy atom. The van der Waals surface area contributed by atoms with Gasteiger partial charge in [-0.3, -0.25) is 9.78 Å². The van der Waals surface area contributed by atoms with Crippen LogP contribution in [0.1, 0.15) is 15.9 Å². The van der Waals surface area contributed by atoms with E-state index in [1.165, 1.54) is 12.3 Å². The van der Waals surface area contributed by atoms with E-state index in [-0.39, 0.29) is 15.6 Å². The van der Waals surface area contributed by atoms with Crippen molar-refractivity contribution in [1.29, 1.82) is 0 Å². The number of aromatic nitrogens is 1. The third kappa shape index (κ3) is 2.15. The molecule has 2 rings (SSSR count). The molecule has 0 fully saturated rings. The number of nitrogens with zero attached hydrogens (tertiary/aromatic N) is 1. The fraction of sp³-hybridized carbons (Fsp3) is 0. The molecule has 0 bridgehead atoms. The third-order valence-corrected chi connectivity index (χ3v) is 3.07. The summed E-state index contributed by atoms with van der Waals surface area (Å²) in [5.41, 5.74) is -0.407. The van der Waals surface area contributed by atoms with Gasteiger partial charge in [0.25, 0.3) is 0 Å². The van der Waals surface area contributed by atoms with E-state index in [4.69, 9.17) is 0 Å². The average Bonchev–Trinajstić information content (AvgIpc) is 2.36. The highest BCUT2D eigenvalue weighted by Crippen LogP contribution is 2.25. The van der Waals surface area contributed by atoms with Gasteiger partial charge in [-0.2, -0.15) is 0 Å². The fourth-order valence-electron chi connectivity index (χ4n) is 1.41. The SMILES string of the molecule is O=C(c1ccncc1F)c1ccc(F)c(F)c1Br. The Bertz CT molecular complexity index is 631. The summed E-state index contributed by atoms with van der Waals surface area (Å²) >= 11 is 2.78. The van der Waals surface area contributed by atoms with Crippen molar-refractivity contribution in [2.75, 3.05) is 0 Å². The number of hydrogen-bond acceptors (Lipinski definition) is 2. The van der Waals surface area contributed by atoms with Gasteiger partial charge in [-0.05, 0) is 34.1 Å². The second-order valence-electron chi connectivity index (χ2n) is 3.41. The average molecular weight is 316 g/mol. The van der Waals surface area contributed by atoms with Crippen molar-refractivity contribution in [3.05, 3.63) is 63.6 Å². The van der Waals surface area contributed by atoms with Gasteiger partial charge in [-0.1, -0.05) is 0 Å². The summed E-state index contributed by atoms with van der Waals surface area (Å²) in [5.74, 6) is -3.84. The lowest BCUT2D eigenvalue weighted by atomic mass is 10.0. The van der Waals surface area contributed by atoms with Gasteiger partial charge in [0.15, 0.2) is 23.2 Å². The normalized spacial score (nSPS) is 10.4. The molecule has 0 aliphatic rings. The molecule has 2 aromatic rings. The zero-order chi connectivity index (χ0) is 13.3. The van der Waals surface area contributed by atoms with E-state index in [1.54, 1.807) is 0 Å². The number of rotatable bonds is 2. The lowest BCUT2D eigenvalue weighted by Gasteiger charge is -2.06. The molecule has 0 radical (unpaired) electrons. The lowest BCUT2D eigenvalue weighted by molar-refractivity contribution is 0.103. The Kier molecular flexibility index (Phi) is 3.47. The molecule has 0 atom stereocenters. The van der Waals surface area contributed by atoms with Crippen molar-refractivity contribution in [1.82, 2.24) is 4.98 Å². The summed E-state index contributed by atoms with van der Waals surface area (Å²) in [6.45, 7) is 0. The summed E-state index contributed by atoms with van der Waals surface area (Å²) in [6, 6.07) is 3.07. The van der Waals surface area contributed by atoms with Crippen molar-refractivity contribution in [3.63, 3.8) is 0 Å². The van der Waals surface area contributed by atoms with Crippen molar-refractivity contribution >= 4 is 21.7 Å². The molecule has 0 unspecified atom stereocenters. The fourth-order valence-corrected chi connectivity index (χ4v) is 1.91. The van der Waals surface area contributed by atoms with E-state index in [9.17, 15) is 18.0 Å². The molecular weight excluding hydrogens is 311 g/mol. The van der Waals surface area contributed by atoms with Gasteiger partial charge in [-0.15, -0.1) is 0 Å². The Morgan fingerprint density at radius 3 is 2.44 bits per heavy atom. The predicted molar refractivity (Wildman–Crippen MR) is 61.7 cm³/mol. The number of carbonyl (C=O) groups excluding carboxylic acids is 1. The molecule has 1 aromatic heterocycles. The van der Waals surface area contributed by atoms with Crippen LogP contribution in [0.2, 0.25) is 0 Å². The summed E-state index contributed by atoms with van der Waals surface area (Å²) < 4.78 is 39.2. The highest BCUT2D eigenvalue weighted by atomic mass is 79.9. The third-order valence-electron chi connectivity index (χ3n) is 2.30. The zero-order valence-electron chi connectivity index (χ0n) is 8.75. The molecule has 1 aromatic carbocycles. The summed E-state index contributed by atoms with van der Waals surface area (Å²) in [6.07, 6.45) is 2.12. The molecule has 0 N–H and O–H groups in total. The smallest absolute Gasteiger partial charge is 0.197 e. The summed E-state index contributed by atoms with van der Waals surface area (Å²) in [4.78, 5) is 15.5. The van der Waals surface area contributed by atoms with Crippen LogP contribution in [0.4, 0.5) is 13.2 Å². The monoisotopic (exact) mass is 315 g/mol. The number of benzene rings is 1. The van der Waals surface area contributed by atoms with Crippen LogP contribution in [0.5, 0.6) is 0 Å². The standard InChI is InChI=1S/C12H5BrF3NO/c13-10-7(1-2-8(14)11(10)16)12(18)6-3-4-17-5-9(6)15/h1-5H. The van der Waals surface area contributed by atoms with Crippen molar-refractivity contribution < 1.29 is 18.0 Å². The maximum atomic E-state index is 13.4. The summed E-state index contributed by atoms with van der Waals surface area (Å²) in [7, 11) is 0. The number of hydrogen-bond donors (Lipinski definition) is 0. The first-order valence-electron chi connectivity index (χ1n) is 4.80. The molecule has 18 heavy (non-hydrogen) atoms. The zero-order valence-corrected chi connectivity index (χ0v) is 10.3. The van der Waals surface area contributed by atoms with E-state index in [1.807, 2.05) is 0 Å². The molecule has 0 saturated carbocycles. The van der Waals surface area contributed by atoms with Crippen LogP contribution in [0.15, 0.2) is 35.1 Å². The predicted octanol–water partition coefficient (Wildman–Crippen LogP) is 3.49. The van der Waals surface area contributed by atoms with Gasteiger partial charge >= 0.3 is 0 Å². The highest BCUT2D eigenvalue weighted by molar-refractivity contribution is 9.10. The van der Waals surface area contributed by atoms with Gasteiger partial charge in [0.05, 0.1) is 16.2 Å². The van der Waals surface area contributed by atoms with Crippen LogP contribution < -0.4 is 0 Å². The minimum Gasteiger partial charge on any atom is -0.288 e. The molecule has 2 nitrogen and oxygen atoms in total. The van der Waals surface area contributed by atoms with Crippen molar-refractivity contribution in [3.8, 4) is 0 Å². The maximum Gasteiger partial charge on any atom is 0.197 e. The van der Waals surface area contributed by atoms with Gasteiger partial charge < -0.3 is 0 Å². The van der Waals surface area contributed by atoms with E-state index in [2.05, 4.69) is 20.9 Å². The molecule has 0 amide bonds. The first-order chi connectivity index (χ1) is 8.52. The number of pyridine rings is 1. The quantitative estimate of drug-likeness (QED) is 0.627. The largest absolute Gasteiger partial charge is 0.288 e. The minimum atomic E-state index is -1.18. The van der Waals surface area contributed by atoms with Crippen LogP contribution in [-0.4, -0.2) is 10.8 Å². The Morgan fingerprint density at radius 2 is 1.78 bits per heavy atom. The molecule has 0 aliphatic heterocycles. The molecule has 0 saturated heterocycles. The topological polar surface area (TPSA) is 30.0 Å². The first-order valence-corrected chi connectivity index (χ1v) is 5.59. The molecule has 6 heteroatoms. The van der Waals surface area contributed by atoms with E-state index in [0.717, 1.165) is 18.3 Å². The Balaban J connectivity index is 2.54. The lowest BCUT2D eigenvalue weighted by Crippen LogP contribution is -2.07. The Hall–Kier alpha value is -1.69. The molecule has 0 aliphatic carbocycles. The molecule has 92 valence electrons. The molecule has 0 spiro atoms. The Labute approximate surface area is 109 Å². The number of ketones is 1. The second kappa shape index (κ2) is 4.89. The van der Waals surface area contributed by atoms with E-state index < -0.39 is 23.2 Å². The van der Waals surface area contributed by atoms with Crippen molar-refractivity contribution in [2.24, 2.45) is 0 Å². The van der Waals surface area contributed by atoms with Gasteiger partial charge in [0.2, 0.25) is 0 Å². The van der Waals surface area contributed by atoms with Gasteiger partial charge in [-0.25, -0.2) is 13.2 Å². The van der Waals surface area contributed by atoms with E-state index >= 15 is 0 Å². The minimum absolute atomic E-state index is 0.154. The van der Waals surface area contributed by atoms with Crippen LogP contribution in [0, 0.1) is 17.5 Å². The van der Waals surface area contributed by atoms with Crippen LogP contribution in [0.25, 0.3) is 0 Å². The van der Waals surface area contributed by atoms with Gasteiger partial charge in [0, 0.05) is 11.8 Å². The highest BCUT2D eigenvalue weighted by Gasteiger charge is 2.20. The number of carbonyl (C=O) groups is 1.